The van der Waals surface area contributed by atoms with Crippen LogP contribution < -0.4 is 0 Å². The Morgan fingerprint density at radius 3 is 2.86 bits per heavy atom. The van der Waals surface area contributed by atoms with Gasteiger partial charge in [0.2, 0.25) is 11.8 Å². The Labute approximate surface area is 130 Å². The summed E-state index contributed by atoms with van der Waals surface area (Å²) in [6, 6.07) is 0.0899. The van der Waals surface area contributed by atoms with Crippen LogP contribution in [0.5, 0.6) is 0 Å². The zero-order valence-electron chi connectivity index (χ0n) is 13.2. The molecule has 2 saturated heterocycles. The number of likely N-dealkylation sites (tertiary alicyclic amines) is 1. The van der Waals surface area contributed by atoms with E-state index in [1.54, 1.807) is 17.3 Å². The minimum absolute atomic E-state index is 0.0899. The standard InChI is InChI=1S/C15H23N5O2/c1-3-19-9-11(8-13(19)21)15(22)20-7-6-18(2)12(10-20)14-16-4-5-17-14/h4-5,11-12H,3,6-10H2,1-2H3,(H,16,17)/t11-,12-/m1/s1. The second kappa shape index (κ2) is 6.08. The second-order valence-electron chi connectivity index (χ2n) is 6.09. The predicted octanol–water partition coefficient (Wildman–Crippen LogP) is 0.0932. The molecule has 0 radical (unpaired) electrons. The van der Waals surface area contributed by atoms with Crippen molar-refractivity contribution in [3.63, 3.8) is 0 Å². The molecule has 2 amide bonds. The number of H-pyrrole nitrogens is 1. The molecule has 2 aliphatic rings. The van der Waals surface area contributed by atoms with Crippen molar-refractivity contribution >= 4 is 11.8 Å². The lowest BCUT2D eigenvalue weighted by Gasteiger charge is -2.39. The fraction of sp³-hybridized carbons (Fsp3) is 0.667. The molecule has 120 valence electrons. The van der Waals surface area contributed by atoms with Crippen LogP contribution >= 0.6 is 0 Å². The van der Waals surface area contributed by atoms with Gasteiger partial charge in [-0.1, -0.05) is 0 Å². The van der Waals surface area contributed by atoms with Crippen molar-refractivity contribution in [1.29, 1.82) is 0 Å². The van der Waals surface area contributed by atoms with Crippen molar-refractivity contribution in [3.8, 4) is 0 Å². The summed E-state index contributed by atoms with van der Waals surface area (Å²) in [5, 5.41) is 0. The molecule has 2 fully saturated rings. The topological polar surface area (TPSA) is 72.5 Å². The van der Waals surface area contributed by atoms with E-state index in [1.807, 2.05) is 18.9 Å². The van der Waals surface area contributed by atoms with Crippen LogP contribution in [-0.2, 0) is 9.59 Å². The van der Waals surface area contributed by atoms with Gasteiger partial charge in [-0.25, -0.2) is 4.98 Å². The Morgan fingerprint density at radius 1 is 1.41 bits per heavy atom. The van der Waals surface area contributed by atoms with E-state index >= 15 is 0 Å². The Kier molecular flexibility index (Phi) is 4.15. The minimum Gasteiger partial charge on any atom is -0.347 e. The highest BCUT2D eigenvalue weighted by Gasteiger charge is 2.38. The molecular formula is C15H23N5O2. The van der Waals surface area contributed by atoms with Gasteiger partial charge in [-0.2, -0.15) is 0 Å². The normalized spacial score (nSPS) is 26.7. The van der Waals surface area contributed by atoms with Gasteiger partial charge in [0.1, 0.15) is 5.82 Å². The molecule has 0 aromatic carbocycles. The van der Waals surface area contributed by atoms with Crippen LogP contribution in [0.4, 0.5) is 0 Å². The third-order valence-corrected chi connectivity index (χ3v) is 4.74. The van der Waals surface area contributed by atoms with Crippen molar-refractivity contribution in [1.82, 2.24) is 24.7 Å². The summed E-state index contributed by atoms with van der Waals surface area (Å²) < 4.78 is 0. The first-order valence-electron chi connectivity index (χ1n) is 7.86. The zero-order valence-corrected chi connectivity index (χ0v) is 13.2. The molecule has 0 spiro atoms. The van der Waals surface area contributed by atoms with Crippen LogP contribution in [-0.4, -0.2) is 76.3 Å². The first kappa shape index (κ1) is 15.0. The molecule has 3 rings (SSSR count). The van der Waals surface area contributed by atoms with Gasteiger partial charge in [-0.15, -0.1) is 0 Å². The zero-order chi connectivity index (χ0) is 15.7. The van der Waals surface area contributed by atoms with Crippen LogP contribution in [0.2, 0.25) is 0 Å². The van der Waals surface area contributed by atoms with Gasteiger partial charge in [-0.05, 0) is 14.0 Å². The molecule has 2 atom stereocenters. The molecule has 22 heavy (non-hydrogen) atoms. The number of likely N-dealkylation sites (N-methyl/N-ethyl adjacent to an activating group) is 1. The molecule has 1 aromatic heterocycles. The summed E-state index contributed by atoms with van der Waals surface area (Å²) in [6.07, 6.45) is 3.89. The highest BCUT2D eigenvalue weighted by atomic mass is 16.2. The van der Waals surface area contributed by atoms with Crippen molar-refractivity contribution in [2.45, 2.75) is 19.4 Å². The van der Waals surface area contributed by atoms with Gasteiger partial charge in [0.25, 0.3) is 0 Å². The predicted molar refractivity (Wildman–Crippen MR) is 80.9 cm³/mol. The largest absolute Gasteiger partial charge is 0.347 e. The SMILES string of the molecule is CCN1C[C@H](C(=O)N2CCN(C)[C@@H](c3ncc[nH]3)C2)CC1=O. The number of aromatic nitrogens is 2. The lowest BCUT2D eigenvalue weighted by molar-refractivity contribution is -0.138. The van der Waals surface area contributed by atoms with E-state index < -0.39 is 0 Å². The third-order valence-electron chi connectivity index (χ3n) is 4.74. The quantitative estimate of drug-likeness (QED) is 0.859. The van der Waals surface area contributed by atoms with Crippen LogP contribution in [0.1, 0.15) is 25.2 Å². The maximum absolute atomic E-state index is 12.7. The number of piperazine rings is 1. The van der Waals surface area contributed by atoms with Crippen molar-refractivity contribution < 1.29 is 9.59 Å². The number of hydrogen-bond donors (Lipinski definition) is 1. The number of hydrogen-bond acceptors (Lipinski definition) is 4. The number of carbonyl (C=O) groups is 2. The first-order chi connectivity index (χ1) is 10.6. The Morgan fingerprint density at radius 2 is 2.23 bits per heavy atom. The third kappa shape index (κ3) is 2.72. The minimum atomic E-state index is -0.187. The fourth-order valence-electron chi connectivity index (χ4n) is 3.33. The molecule has 0 unspecified atom stereocenters. The highest BCUT2D eigenvalue weighted by Crippen LogP contribution is 2.25. The molecule has 7 heteroatoms. The summed E-state index contributed by atoms with van der Waals surface area (Å²) in [4.78, 5) is 37.9. The molecule has 2 aliphatic heterocycles. The second-order valence-corrected chi connectivity index (χ2v) is 6.09. The molecule has 7 nitrogen and oxygen atoms in total. The van der Waals surface area contributed by atoms with E-state index in [0.717, 1.165) is 12.4 Å². The van der Waals surface area contributed by atoms with Gasteiger partial charge in [-0.3, -0.25) is 14.5 Å². The maximum atomic E-state index is 12.7. The molecule has 0 bridgehead atoms. The van der Waals surface area contributed by atoms with E-state index in [1.165, 1.54) is 0 Å². The van der Waals surface area contributed by atoms with E-state index in [-0.39, 0.29) is 23.8 Å². The lowest BCUT2D eigenvalue weighted by atomic mass is 10.0. The number of amides is 2. The number of imidazole rings is 1. The van der Waals surface area contributed by atoms with Crippen molar-refractivity contribution in [2.24, 2.45) is 5.92 Å². The van der Waals surface area contributed by atoms with Crippen LogP contribution in [0, 0.1) is 5.92 Å². The van der Waals surface area contributed by atoms with Gasteiger partial charge in [0, 0.05) is 51.5 Å². The Bertz CT molecular complexity index is 544. The number of nitrogens with one attached hydrogen (secondary N) is 1. The average molecular weight is 305 g/mol. The van der Waals surface area contributed by atoms with Crippen LogP contribution in [0.3, 0.4) is 0 Å². The van der Waals surface area contributed by atoms with E-state index in [0.29, 0.717) is 32.6 Å². The molecule has 1 N–H and O–H groups in total. The first-order valence-corrected chi connectivity index (χ1v) is 7.86. The number of rotatable bonds is 3. The Balaban J connectivity index is 1.67. The average Bonchev–Trinajstić information content (AvgIpc) is 3.16. The molecule has 0 saturated carbocycles. The van der Waals surface area contributed by atoms with Gasteiger partial charge in [0.15, 0.2) is 0 Å². The van der Waals surface area contributed by atoms with Crippen LogP contribution in [0.15, 0.2) is 12.4 Å². The highest BCUT2D eigenvalue weighted by molar-refractivity contribution is 5.89. The summed E-state index contributed by atoms with van der Waals surface area (Å²) >= 11 is 0. The lowest BCUT2D eigenvalue weighted by Crippen LogP contribution is -2.51. The summed E-state index contributed by atoms with van der Waals surface area (Å²) in [5.41, 5.74) is 0. The molecular weight excluding hydrogens is 282 g/mol. The molecule has 0 aliphatic carbocycles. The number of nitrogens with zero attached hydrogens (tertiary/aromatic N) is 4. The molecule has 3 heterocycles. The van der Waals surface area contributed by atoms with E-state index in [9.17, 15) is 9.59 Å². The van der Waals surface area contributed by atoms with Gasteiger partial charge < -0.3 is 14.8 Å². The van der Waals surface area contributed by atoms with E-state index in [2.05, 4.69) is 14.9 Å². The maximum Gasteiger partial charge on any atom is 0.228 e. The number of carbonyl (C=O) groups excluding carboxylic acids is 2. The molecule has 1 aromatic rings. The summed E-state index contributed by atoms with van der Waals surface area (Å²) in [5.74, 6) is 0.900. The summed E-state index contributed by atoms with van der Waals surface area (Å²) in [6.45, 7) is 5.35. The van der Waals surface area contributed by atoms with E-state index in [4.69, 9.17) is 0 Å². The smallest absolute Gasteiger partial charge is 0.228 e. The summed E-state index contributed by atoms with van der Waals surface area (Å²) in [7, 11) is 2.05. The monoisotopic (exact) mass is 305 g/mol. The fourth-order valence-corrected chi connectivity index (χ4v) is 3.33. The van der Waals surface area contributed by atoms with Crippen LogP contribution in [0.25, 0.3) is 0 Å². The van der Waals surface area contributed by atoms with Crippen molar-refractivity contribution in [3.05, 3.63) is 18.2 Å². The van der Waals surface area contributed by atoms with Gasteiger partial charge in [0.05, 0.1) is 12.0 Å². The number of aromatic amines is 1. The Hall–Kier alpha value is -1.89. The van der Waals surface area contributed by atoms with Gasteiger partial charge >= 0.3 is 0 Å². The van der Waals surface area contributed by atoms with Crippen molar-refractivity contribution in [2.75, 3.05) is 39.8 Å².